The number of aromatic amines is 1. The molecule has 1 aromatic carbocycles. The molecule has 96 valence electrons. The van der Waals surface area contributed by atoms with Crippen LogP contribution in [-0.4, -0.2) is 25.0 Å². The number of phenols is 1. The predicted octanol–water partition coefficient (Wildman–Crippen LogP) is 1.30. The van der Waals surface area contributed by atoms with E-state index in [0.29, 0.717) is 17.9 Å². The highest BCUT2D eigenvalue weighted by Crippen LogP contribution is 2.17. The van der Waals surface area contributed by atoms with Crippen molar-refractivity contribution in [2.75, 3.05) is 0 Å². The Kier molecular flexibility index (Phi) is 2.85. The molecule has 6 nitrogen and oxygen atoms in total. The summed E-state index contributed by atoms with van der Waals surface area (Å²) < 4.78 is 0. The molecule has 3 rings (SSSR count). The Morgan fingerprint density at radius 3 is 2.79 bits per heavy atom. The summed E-state index contributed by atoms with van der Waals surface area (Å²) in [7, 11) is 0. The summed E-state index contributed by atoms with van der Waals surface area (Å²) in [6.45, 7) is 0. The first-order chi connectivity index (χ1) is 9.22. The summed E-state index contributed by atoms with van der Waals surface area (Å²) >= 11 is 0. The second-order valence-electron chi connectivity index (χ2n) is 4.36. The Labute approximate surface area is 109 Å². The third kappa shape index (κ3) is 2.38. The smallest absolute Gasteiger partial charge is 0.180 e. The first kappa shape index (κ1) is 11.6. The highest BCUT2D eigenvalue weighted by atomic mass is 16.3. The number of hydrogen-bond acceptors (Lipinski definition) is 5. The lowest BCUT2D eigenvalue weighted by Gasteiger charge is -2.08. The second-order valence-corrected chi connectivity index (χ2v) is 4.36. The van der Waals surface area contributed by atoms with Gasteiger partial charge in [0.15, 0.2) is 5.65 Å². The number of nitrogens with two attached hydrogens (primary N) is 1. The van der Waals surface area contributed by atoms with Crippen LogP contribution in [0.4, 0.5) is 0 Å². The van der Waals surface area contributed by atoms with E-state index in [1.165, 1.54) is 6.33 Å². The average molecular weight is 255 g/mol. The van der Waals surface area contributed by atoms with Crippen molar-refractivity contribution < 1.29 is 5.11 Å². The van der Waals surface area contributed by atoms with Gasteiger partial charge in [-0.2, -0.15) is 0 Å². The van der Waals surface area contributed by atoms with Crippen molar-refractivity contribution in [1.82, 2.24) is 19.9 Å². The van der Waals surface area contributed by atoms with Crippen LogP contribution in [0.5, 0.6) is 5.75 Å². The molecule has 1 atom stereocenters. The van der Waals surface area contributed by atoms with Crippen LogP contribution >= 0.6 is 0 Å². The number of nitrogens with one attached hydrogen (secondary N) is 1. The lowest BCUT2D eigenvalue weighted by molar-refractivity contribution is 0.475. The van der Waals surface area contributed by atoms with Gasteiger partial charge in [-0.25, -0.2) is 15.0 Å². The fourth-order valence-corrected chi connectivity index (χ4v) is 1.94. The van der Waals surface area contributed by atoms with Crippen molar-refractivity contribution in [2.45, 2.75) is 12.5 Å². The Hall–Kier alpha value is -2.47. The maximum absolute atomic E-state index is 9.24. The Balaban J connectivity index is 1.83. The van der Waals surface area contributed by atoms with Crippen molar-refractivity contribution in [3.63, 3.8) is 0 Å². The summed E-state index contributed by atoms with van der Waals surface area (Å²) in [6, 6.07) is 6.73. The van der Waals surface area contributed by atoms with Crippen molar-refractivity contribution in [3.8, 4) is 5.75 Å². The van der Waals surface area contributed by atoms with Crippen LogP contribution in [0.15, 0.2) is 36.8 Å². The maximum atomic E-state index is 9.24. The van der Waals surface area contributed by atoms with Gasteiger partial charge < -0.3 is 15.8 Å². The first-order valence-electron chi connectivity index (χ1n) is 5.91. The molecule has 0 radical (unpaired) electrons. The summed E-state index contributed by atoms with van der Waals surface area (Å²) in [6.07, 6.45) is 3.76. The number of aromatic hydroxyl groups is 1. The number of benzene rings is 1. The summed E-state index contributed by atoms with van der Waals surface area (Å²) in [4.78, 5) is 15.5. The predicted molar refractivity (Wildman–Crippen MR) is 70.4 cm³/mol. The van der Waals surface area contributed by atoms with Crippen molar-refractivity contribution >= 4 is 11.2 Å². The van der Waals surface area contributed by atoms with Crippen molar-refractivity contribution in [1.29, 1.82) is 0 Å². The third-order valence-corrected chi connectivity index (χ3v) is 2.92. The van der Waals surface area contributed by atoms with Gasteiger partial charge in [0.1, 0.15) is 23.4 Å². The van der Waals surface area contributed by atoms with E-state index in [0.717, 1.165) is 11.1 Å². The molecule has 4 N–H and O–H groups in total. The molecule has 1 unspecified atom stereocenters. The first-order valence-corrected chi connectivity index (χ1v) is 5.91. The van der Waals surface area contributed by atoms with E-state index in [-0.39, 0.29) is 11.8 Å². The monoisotopic (exact) mass is 255 g/mol. The molecule has 0 fully saturated rings. The zero-order valence-corrected chi connectivity index (χ0v) is 10.1. The molecule has 0 aliphatic rings. The zero-order chi connectivity index (χ0) is 13.2. The number of nitrogens with zero attached hydrogens (tertiary/aromatic N) is 3. The van der Waals surface area contributed by atoms with Gasteiger partial charge >= 0.3 is 0 Å². The largest absolute Gasteiger partial charge is 0.508 e. The number of hydrogen-bond donors (Lipinski definition) is 3. The Morgan fingerprint density at radius 1 is 1.26 bits per heavy atom. The maximum Gasteiger partial charge on any atom is 0.180 e. The van der Waals surface area contributed by atoms with Crippen LogP contribution < -0.4 is 5.73 Å². The molecule has 6 heteroatoms. The highest BCUT2D eigenvalue weighted by Gasteiger charge is 2.12. The van der Waals surface area contributed by atoms with E-state index in [1.807, 2.05) is 12.1 Å². The van der Waals surface area contributed by atoms with Crippen LogP contribution in [0.1, 0.15) is 17.4 Å². The molecule has 0 aliphatic heterocycles. The van der Waals surface area contributed by atoms with Gasteiger partial charge in [-0.05, 0) is 24.1 Å². The lowest BCUT2D eigenvalue weighted by Crippen LogP contribution is -2.14. The number of aromatic nitrogens is 4. The summed E-state index contributed by atoms with van der Waals surface area (Å²) in [5.74, 6) is 0.930. The van der Waals surface area contributed by atoms with Gasteiger partial charge in [0.25, 0.3) is 0 Å². The van der Waals surface area contributed by atoms with Gasteiger partial charge in [0, 0.05) is 0 Å². The van der Waals surface area contributed by atoms with Crippen LogP contribution in [-0.2, 0) is 6.42 Å². The van der Waals surface area contributed by atoms with Crippen LogP contribution in [0.3, 0.4) is 0 Å². The topological polar surface area (TPSA) is 101 Å². The molecule has 0 bridgehead atoms. The Morgan fingerprint density at radius 2 is 2.05 bits per heavy atom. The van der Waals surface area contributed by atoms with Gasteiger partial charge in [0.2, 0.25) is 0 Å². The fraction of sp³-hybridized carbons (Fsp3) is 0.154. The number of imidazole rings is 1. The number of fused-ring (bicyclic) bond motifs is 1. The van der Waals surface area contributed by atoms with E-state index in [4.69, 9.17) is 5.73 Å². The van der Waals surface area contributed by atoms with Gasteiger partial charge in [0.05, 0.1) is 12.2 Å². The number of rotatable bonds is 3. The minimum absolute atomic E-state index is 0.247. The average Bonchev–Trinajstić information content (AvgIpc) is 2.85. The highest BCUT2D eigenvalue weighted by molar-refractivity contribution is 5.68. The van der Waals surface area contributed by atoms with Crippen LogP contribution in [0.2, 0.25) is 0 Å². The molecule has 0 amide bonds. The summed E-state index contributed by atoms with van der Waals surface area (Å²) in [5.41, 5.74) is 8.56. The van der Waals surface area contributed by atoms with E-state index in [2.05, 4.69) is 19.9 Å². The van der Waals surface area contributed by atoms with E-state index < -0.39 is 0 Å². The van der Waals surface area contributed by atoms with Gasteiger partial charge in [-0.15, -0.1) is 0 Å². The van der Waals surface area contributed by atoms with E-state index in [1.54, 1.807) is 18.3 Å². The van der Waals surface area contributed by atoms with Crippen molar-refractivity contribution in [2.24, 2.45) is 5.73 Å². The molecule has 19 heavy (non-hydrogen) atoms. The molecule has 0 saturated heterocycles. The van der Waals surface area contributed by atoms with E-state index >= 15 is 0 Å². The molecule has 2 aromatic heterocycles. The molecule has 3 aromatic rings. The van der Waals surface area contributed by atoms with Gasteiger partial charge in [-0.1, -0.05) is 12.1 Å². The molecular weight excluding hydrogens is 242 g/mol. The summed E-state index contributed by atoms with van der Waals surface area (Å²) in [5, 5.41) is 9.24. The molecule has 0 saturated carbocycles. The normalized spacial score (nSPS) is 12.7. The molecule has 0 spiro atoms. The lowest BCUT2D eigenvalue weighted by atomic mass is 10.1. The SMILES string of the molecule is NC(Cc1ccc(O)cc1)c1nc2ncncc2[nH]1. The molecular formula is C13H13N5O. The van der Waals surface area contributed by atoms with Gasteiger partial charge in [-0.3, -0.25) is 0 Å². The minimum Gasteiger partial charge on any atom is -0.508 e. The minimum atomic E-state index is -0.251. The fourth-order valence-electron chi connectivity index (χ4n) is 1.94. The number of H-pyrrole nitrogens is 1. The number of phenolic OH excluding ortho intramolecular Hbond substituents is 1. The van der Waals surface area contributed by atoms with Crippen molar-refractivity contribution in [3.05, 3.63) is 48.2 Å². The standard InChI is InChI=1S/C13H13N5O/c14-10(5-8-1-3-9(19)4-2-8)12-17-11-6-15-7-16-13(11)18-12/h1-4,6-7,10,19H,5,14H2,(H,15,16,17,18). The Bertz CT molecular complexity index is 659. The third-order valence-electron chi connectivity index (χ3n) is 2.92. The second kappa shape index (κ2) is 4.66. The quantitative estimate of drug-likeness (QED) is 0.655. The van der Waals surface area contributed by atoms with E-state index in [9.17, 15) is 5.11 Å². The van der Waals surface area contributed by atoms with Crippen LogP contribution in [0.25, 0.3) is 11.2 Å². The zero-order valence-electron chi connectivity index (χ0n) is 10.1. The van der Waals surface area contributed by atoms with Crippen LogP contribution in [0, 0.1) is 0 Å². The molecule has 2 heterocycles. The molecule has 0 aliphatic carbocycles.